The number of nitrogens with one attached hydrogen (secondary N) is 2. The lowest BCUT2D eigenvalue weighted by Gasteiger charge is -2.29. The normalized spacial score (nSPS) is 16.8. The van der Waals surface area contributed by atoms with Crippen LogP contribution >= 0.6 is 23.8 Å². The molecule has 5 rings (SSSR count). The highest BCUT2D eigenvalue weighted by molar-refractivity contribution is 7.80. The molecule has 1 aliphatic rings. The van der Waals surface area contributed by atoms with E-state index in [1.54, 1.807) is 24.4 Å². The van der Waals surface area contributed by atoms with E-state index in [0.717, 1.165) is 33.9 Å². The van der Waals surface area contributed by atoms with E-state index in [4.69, 9.17) is 23.8 Å². The van der Waals surface area contributed by atoms with E-state index in [0.29, 0.717) is 16.7 Å². The van der Waals surface area contributed by atoms with Crippen LogP contribution in [-0.4, -0.2) is 32.0 Å². The van der Waals surface area contributed by atoms with Gasteiger partial charge in [0.05, 0.1) is 23.5 Å². The minimum absolute atomic E-state index is 0.133. The first-order valence-electron chi connectivity index (χ1n) is 12.7. The molecule has 2 atom stereocenters. The number of para-hydroxylation sites is 1. The molecule has 200 valence electrons. The van der Waals surface area contributed by atoms with E-state index in [-0.39, 0.29) is 30.1 Å². The fraction of sp³-hybridized carbons (Fsp3) is 0.233. The Morgan fingerprint density at radius 3 is 2.56 bits per heavy atom. The van der Waals surface area contributed by atoms with E-state index >= 15 is 0 Å². The van der Waals surface area contributed by atoms with Crippen LogP contribution in [0.4, 0.5) is 10.1 Å². The summed E-state index contributed by atoms with van der Waals surface area (Å²) in [5.41, 5.74) is 6.40. The molecule has 2 aromatic carbocycles. The van der Waals surface area contributed by atoms with Gasteiger partial charge in [0, 0.05) is 46.8 Å². The number of carbonyl (C=O) groups excluding carboxylic acids is 1. The molecule has 0 spiro atoms. The second-order valence-corrected chi connectivity index (χ2v) is 10.4. The summed E-state index contributed by atoms with van der Waals surface area (Å²) in [6.45, 7) is 6.64. The van der Waals surface area contributed by atoms with Gasteiger partial charge in [0.2, 0.25) is 5.91 Å². The van der Waals surface area contributed by atoms with Gasteiger partial charge in [-0.15, -0.1) is 0 Å². The number of hydrogen-bond acceptors (Lipinski definition) is 3. The summed E-state index contributed by atoms with van der Waals surface area (Å²) in [6.07, 6.45) is 1.90. The number of rotatable bonds is 7. The molecule has 4 aromatic rings. The predicted molar refractivity (Wildman–Crippen MR) is 157 cm³/mol. The van der Waals surface area contributed by atoms with Gasteiger partial charge in [0.25, 0.3) is 0 Å². The standard InChI is InChI=1S/C30H29ClFN5OS/c1-18-19(2)37(22-10-8-9-21(31)17-22)20(3)27(18)29-28(25-13-6-7-15-33-25)35-30(39)36(29)16-14-26(38)34-24-12-5-4-11-23(24)32/h4-13,15,17,28-29H,14,16H2,1-3H3,(H,34,38)(H,35,39)/t28-,29-/m0/s1. The smallest absolute Gasteiger partial charge is 0.226 e. The molecule has 0 bridgehead atoms. The van der Waals surface area contributed by atoms with Crippen LogP contribution in [0.1, 0.15) is 46.7 Å². The molecule has 3 heterocycles. The molecule has 0 saturated carbocycles. The average Bonchev–Trinajstić information content (AvgIpc) is 3.35. The monoisotopic (exact) mass is 561 g/mol. The molecule has 0 aliphatic carbocycles. The van der Waals surface area contributed by atoms with Gasteiger partial charge in [-0.2, -0.15) is 0 Å². The molecule has 6 nitrogen and oxygen atoms in total. The number of benzene rings is 2. The zero-order chi connectivity index (χ0) is 27.7. The summed E-state index contributed by atoms with van der Waals surface area (Å²) in [6, 6.07) is 19.3. The molecular weight excluding hydrogens is 533 g/mol. The highest BCUT2D eigenvalue weighted by atomic mass is 35.5. The number of pyridine rings is 1. The molecule has 1 amide bonds. The third-order valence-corrected chi connectivity index (χ3v) is 7.88. The third kappa shape index (κ3) is 5.27. The molecule has 1 fully saturated rings. The maximum absolute atomic E-state index is 14.1. The van der Waals surface area contributed by atoms with Crippen molar-refractivity contribution in [3.05, 3.63) is 112 Å². The lowest BCUT2D eigenvalue weighted by molar-refractivity contribution is -0.116. The molecule has 1 aliphatic heterocycles. The van der Waals surface area contributed by atoms with Crippen molar-refractivity contribution in [3.8, 4) is 5.69 Å². The van der Waals surface area contributed by atoms with Crippen LogP contribution in [0.3, 0.4) is 0 Å². The Bertz CT molecular complexity index is 1540. The van der Waals surface area contributed by atoms with Crippen molar-refractivity contribution >= 4 is 40.5 Å². The summed E-state index contributed by atoms with van der Waals surface area (Å²) in [5.74, 6) is -0.759. The number of anilines is 1. The van der Waals surface area contributed by atoms with E-state index < -0.39 is 5.82 Å². The summed E-state index contributed by atoms with van der Waals surface area (Å²) < 4.78 is 16.3. The molecule has 0 radical (unpaired) electrons. The number of hydrogen-bond donors (Lipinski definition) is 2. The largest absolute Gasteiger partial charge is 0.352 e. The minimum atomic E-state index is -0.471. The Morgan fingerprint density at radius 1 is 1.08 bits per heavy atom. The highest BCUT2D eigenvalue weighted by Crippen LogP contribution is 2.43. The summed E-state index contributed by atoms with van der Waals surface area (Å²) in [5, 5.41) is 7.34. The first-order valence-corrected chi connectivity index (χ1v) is 13.5. The number of halogens is 2. The van der Waals surface area contributed by atoms with E-state index in [1.165, 1.54) is 6.07 Å². The van der Waals surface area contributed by atoms with Crippen LogP contribution in [0.2, 0.25) is 5.02 Å². The Hall–Kier alpha value is -3.75. The van der Waals surface area contributed by atoms with Gasteiger partial charge in [-0.1, -0.05) is 35.9 Å². The second-order valence-electron chi connectivity index (χ2n) is 9.62. The topological polar surface area (TPSA) is 62.2 Å². The Labute approximate surface area is 237 Å². The first kappa shape index (κ1) is 26.8. The van der Waals surface area contributed by atoms with Crippen LogP contribution in [-0.2, 0) is 4.79 Å². The van der Waals surface area contributed by atoms with E-state index in [2.05, 4.69) is 41.0 Å². The van der Waals surface area contributed by atoms with Crippen molar-refractivity contribution in [2.24, 2.45) is 0 Å². The fourth-order valence-corrected chi connectivity index (χ4v) is 5.92. The van der Waals surface area contributed by atoms with Gasteiger partial charge >= 0.3 is 0 Å². The lowest BCUT2D eigenvalue weighted by atomic mass is 9.93. The van der Waals surface area contributed by atoms with Crippen LogP contribution in [0.25, 0.3) is 5.69 Å². The fourth-order valence-electron chi connectivity index (χ4n) is 5.40. The van der Waals surface area contributed by atoms with Gasteiger partial charge in [0.15, 0.2) is 5.11 Å². The molecule has 0 unspecified atom stereocenters. The zero-order valence-electron chi connectivity index (χ0n) is 21.9. The summed E-state index contributed by atoms with van der Waals surface area (Å²) >= 11 is 12.1. The quantitative estimate of drug-likeness (QED) is 0.249. The van der Waals surface area contributed by atoms with Crippen molar-refractivity contribution in [1.82, 2.24) is 19.8 Å². The van der Waals surface area contributed by atoms with Gasteiger partial charge in [0.1, 0.15) is 5.82 Å². The zero-order valence-corrected chi connectivity index (χ0v) is 23.5. The van der Waals surface area contributed by atoms with Crippen LogP contribution in [0, 0.1) is 26.6 Å². The molecule has 2 aromatic heterocycles. The Kier molecular flexibility index (Phi) is 7.68. The second kappa shape index (κ2) is 11.2. The highest BCUT2D eigenvalue weighted by Gasteiger charge is 2.42. The molecule has 1 saturated heterocycles. The predicted octanol–water partition coefficient (Wildman–Crippen LogP) is 6.59. The molecule has 2 N–H and O–H groups in total. The van der Waals surface area contributed by atoms with E-state index in [1.807, 2.05) is 47.4 Å². The third-order valence-electron chi connectivity index (χ3n) is 7.29. The SMILES string of the molecule is Cc1c([C@H]2[C@H](c3ccccn3)NC(=S)N2CCC(=O)Nc2ccccc2F)c(C)n(-c2cccc(Cl)c2)c1C. The minimum Gasteiger partial charge on any atom is -0.352 e. The van der Waals surface area contributed by atoms with Crippen molar-refractivity contribution < 1.29 is 9.18 Å². The van der Waals surface area contributed by atoms with Crippen molar-refractivity contribution in [3.63, 3.8) is 0 Å². The van der Waals surface area contributed by atoms with Crippen LogP contribution < -0.4 is 10.6 Å². The van der Waals surface area contributed by atoms with Gasteiger partial charge < -0.3 is 20.1 Å². The van der Waals surface area contributed by atoms with Crippen molar-refractivity contribution in [1.29, 1.82) is 0 Å². The van der Waals surface area contributed by atoms with Gasteiger partial charge in [-0.25, -0.2) is 4.39 Å². The van der Waals surface area contributed by atoms with E-state index in [9.17, 15) is 9.18 Å². The summed E-state index contributed by atoms with van der Waals surface area (Å²) in [4.78, 5) is 19.5. The number of carbonyl (C=O) groups is 1. The Morgan fingerprint density at radius 2 is 1.85 bits per heavy atom. The maximum Gasteiger partial charge on any atom is 0.226 e. The molecule has 9 heteroatoms. The maximum atomic E-state index is 14.1. The number of thiocarbonyl (C=S) groups is 1. The number of aromatic nitrogens is 2. The van der Waals surface area contributed by atoms with Gasteiger partial charge in [-0.3, -0.25) is 9.78 Å². The van der Waals surface area contributed by atoms with Crippen LogP contribution in [0.15, 0.2) is 72.9 Å². The molecular formula is C30H29ClFN5OS. The average molecular weight is 562 g/mol. The summed E-state index contributed by atoms with van der Waals surface area (Å²) in [7, 11) is 0. The first-order chi connectivity index (χ1) is 18.8. The number of nitrogens with zero attached hydrogens (tertiary/aromatic N) is 3. The molecule has 39 heavy (non-hydrogen) atoms. The van der Waals surface area contributed by atoms with Crippen LogP contribution in [0.5, 0.6) is 0 Å². The Balaban J connectivity index is 1.52. The number of amides is 1. The lowest BCUT2D eigenvalue weighted by Crippen LogP contribution is -2.33. The van der Waals surface area contributed by atoms with Crippen molar-refractivity contribution in [2.75, 3.05) is 11.9 Å². The van der Waals surface area contributed by atoms with Gasteiger partial charge in [-0.05, 0) is 81.0 Å². The van der Waals surface area contributed by atoms with Crippen molar-refractivity contribution in [2.45, 2.75) is 39.3 Å².